The van der Waals surface area contributed by atoms with Crippen molar-refractivity contribution in [1.82, 2.24) is 20.2 Å². The van der Waals surface area contributed by atoms with Crippen molar-refractivity contribution in [3.05, 3.63) is 0 Å². The van der Waals surface area contributed by atoms with E-state index in [4.69, 9.17) is 11.6 Å². The van der Waals surface area contributed by atoms with E-state index >= 15 is 0 Å². The summed E-state index contributed by atoms with van der Waals surface area (Å²) in [5.41, 5.74) is 0. The molecule has 0 unspecified atom stereocenters. The minimum absolute atomic E-state index is 0.734. The molecular weight excluding hydrogens is 196 g/mol. The molecule has 0 fully saturated rings. The predicted molar refractivity (Wildman–Crippen MR) is 49.5 cm³/mol. The van der Waals surface area contributed by atoms with E-state index in [1.54, 1.807) is 16.4 Å². The number of aromatic nitrogens is 4. The number of rotatable bonds is 5. The quantitative estimate of drug-likeness (QED) is 0.414. The van der Waals surface area contributed by atoms with Gasteiger partial charge in [-0.1, -0.05) is 11.8 Å². The Kier molecular flexibility index (Phi) is 4.39. The van der Waals surface area contributed by atoms with Gasteiger partial charge in [0.15, 0.2) is 0 Å². The number of thioether (sulfide) groups is 1. The molecule has 0 saturated heterocycles. The number of tetrazole rings is 1. The van der Waals surface area contributed by atoms with E-state index in [9.17, 15) is 0 Å². The Morgan fingerprint density at radius 2 is 2.33 bits per heavy atom. The third kappa shape index (κ3) is 2.98. The molecule has 1 rings (SSSR count). The van der Waals surface area contributed by atoms with E-state index in [-0.39, 0.29) is 0 Å². The van der Waals surface area contributed by atoms with Gasteiger partial charge in [0.1, 0.15) is 0 Å². The number of nitrogens with zero attached hydrogens (tertiary/aromatic N) is 4. The highest BCUT2D eigenvalue weighted by Crippen LogP contribution is 2.14. The Balaban J connectivity index is 2.20. The second-order valence-corrected chi connectivity index (χ2v) is 3.77. The maximum Gasteiger partial charge on any atom is 0.209 e. The second-order valence-electron chi connectivity index (χ2n) is 2.33. The number of hydrogen-bond acceptors (Lipinski definition) is 4. The van der Waals surface area contributed by atoms with E-state index in [1.807, 2.05) is 7.05 Å². The molecule has 68 valence electrons. The molecule has 0 spiro atoms. The largest absolute Gasteiger partial charge is 0.224 e. The Labute approximate surface area is 80.7 Å². The molecule has 0 aliphatic heterocycles. The average Bonchev–Trinajstić information content (AvgIpc) is 2.46. The van der Waals surface area contributed by atoms with Gasteiger partial charge in [-0.25, -0.2) is 4.68 Å². The first-order valence-corrected chi connectivity index (χ1v) is 5.27. The molecule has 0 radical (unpaired) electrons. The van der Waals surface area contributed by atoms with Crippen molar-refractivity contribution in [2.24, 2.45) is 7.05 Å². The standard InChI is InChI=1S/C6H11ClN4S/c1-11-6(8-9-10-11)12-5-3-2-4-7/h2-5H2,1H3. The van der Waals surface area contributed by atoms with E-state index in [1.165, 1.54) is 0 Å². The highest BCUT2D eigenvalue weighted by molar-refractivity contribution is 7.99. The van der Waals surface area contributed by atoms with Crippen LogP contribution in [0.3, 0.4) is 0 Å². The van der Waals surface area contributed by atoms with E-state index < -0.39 is 0 Å². The Bertz CT molecular complexity index is 227. The third-order valence-electron chi connectivity index (χ3n) is 1.34. The van der Waals surface area contributed by atoms with Crippen LogP contribution in [-0.4, -0.2) is 31.8 Å². The van der Waals surface area contributed by atoms with Crippen molar-refractivity contribution in [1.29, 1.82) is 0 Å². The summed E-state index contributed by atoms with van der Waals surface area (Å²) in [6, 6.07) is 0. The van der Waals surface area contributed by atoms with Gasteiger partial charge in [-0.15, -0.1) is 16.7 Å². The van der Waals surface area contributed by atoms with Gasteiger partial charge in [0.25, 0.3) is 0 Å². The van der Waals surface area contributed by atoms with Crippen LogP contribution in [0.5, 0.6) is 0 Å². The molecule has 1 aromatic heterocycles. The molecule has 0 bridgehead atoms. The summed E-state index contributed by atoms with van der Waals surface area (Å²) in [5, 5.41) is 12.0. The summed E-state index contributed by atoms with van der Waals surface area (Å²) in [6.45, 7) is 0. The van der Waals surface area contributed by atoms with Gasteiger partial charge in [0.2, 0.25) is 5.16 Å². The normalized spacial score (nSPS) is 10.5. The fraction of sp³-hybridized carbons (Fsp3) is 0.833. The zero-order valence-corrected chi connectivity index (χ0v) is 8.48. The molecule has 12 heavy (non-hydrogen) atoms. The minimum Gasteiger partial charge on any atom is -0.224 e. The van der Waals surface area contributed by atoms with E-state index in [0.717, 1.165) is 29.6 Å². The van der Waals surface area contributed by atoms with Crippen LogP contribution >= 0.6 is 23.4 Å². The number of hydrogen-bond donors (Lipinski definition) is 0. The number of alkyl halides is 1. The molecule has 6 heteroatoms. The number of unbranched alkanes of at least 4 members (excludes halogenated alkanes) is 1. The smallest absolute Gasteiger partial charge is 0.209 e. The fourth-order valence-corrected chi connectivity index (χ4v) is 1.74. The molecule has 1 heterocycles. The lowest BCUT2D eigenvalue weighted by Gasteiger charge is -1.96. The van der Waals surface area contributed by atoms with Crippen LogP contribution in [0, 0.1) is 0 Å². The van der Waals surface area contributed by atoms with Gasteiger partial charge in [-0.05, 0) is 23.3 Å². The Hall–Kier alpha value is -0.290. The van der Waals surface area contributed by atoms with Crippen LogP contribution < -0.4 is 0 Å². The van der Waals surface area contributed by atoms with Gasteiger partial charge in [-0.3, -0.25) is 0 Å². The summed E-state index contributed by atoms with van der Waals surface area (Å²) in [7, 11) is 1.84. The molecule has 0 aliphatic rings. The molecule has 1 aromatic rings. The molecule has 0 saturated carbocycles. The van der Waals surface area contributed by atoms with Gasteiger partial charge >= 0.3 is 0 Å². The van der Waals surface area contributed by atoms with Crippen molar-refractivity contribution in [3.63, 3.8) is 0 Å². The summed E-state index contributed by atoms with van der Waals surface area (Å²) >= 11 is 7.20. The highest BCUT2D eigenvalue weighted by atomic mass is 35.5. The van der Waals surface area contributed by atoms with Gasteiger partial charge in [0.05, 0.1) is 0 Å². The van der Waals surface area contributed by atoms with Gasteiger partial charge in [0, 0.05) is 18.7 Å². The second kappa shape index (κ2) is 5.37. The lowest BCUT2D eigenvalue weighted by Crippen LogP contribution is -1.93. The molecule has 0 N–H and O–H groups in total. The van der Waals surface area contributed by atoms with Crippen LogP contribution in [-0.2, 0) is 7.05 Å². The van der Waals surface area contributed by atoms with E-state index in [2.05, 4.69) is 15.5 Å². The van der Waals surface area contributed by atoms with Crippen molar-refractivity contribution in [3.8, 4) is 0 Å². The summed E-state index contributed by atoms with van der Waals surface area (Å²) in [4.78, 5) is 0. The molecular formula is C6H11ClN4S. The highest BCUT2D eigenvalue weighted by Gasteiger charge is 2.00. The van der Waals surface area contributed by atoms with Gasteiger partial charge < -0.3 is 0 Å². The predicted octanol–water partition coefficient (Wildman–Crippen LogP) is 1.32. The minimum atomic E-state index is 0.734. The Morgan fingerprint density at radius 3 is 2.92 bits per heavy atom. The monoisotopic (exact) mass is 206 g/mol. The van der Waals surface area contributed by atoms with E-state index in [0.29, 0.717) is 0 Å². The van der Waals surface area contributed by atoms with Crippen molar-refractivity contribution >= 4 is 23.4 Å². The molecule has 0 aromatic carbocycles. The van der Waals surface area contributed by atoms with Crippen LogP contribution in [0.4, 0.5) is 0 Å². The maximum atomic E-state index is 5.54. The van der Waals surface area contributed by atoms with Gasteiger partial charge in [-0.2, -0.15) is 0 Å². The first kappa shape index (κ1) is 9.80. The lowest BCUT2D eigenvalue weighted by molar-refractivity contribution is 0.664. The van der Waals surface area contributed by atoms with Crippen LogP contribution in [0.1, 0.15) is 12.8 Å². The van der Waals surface area contributed by atoms with Crippen molar-refractivity contribution < 1.29 is 0 Å². The molecule has 0 atom stereocenters. The average molecular weight is 207 g/mol. The fourth-order valence-electron chi connectivity index (χ4n) is 0.704. The summed E-state index contributed by atoms with van der Waals surface area (Å²) < 4.78 is 1.67. The van der Waals surface area contributed by atoms with Crippen LogP contribution in [0.2, 0.25) is 0 Å². The van der Waals surface area contributed by atoms with Crippen molar-refractivity contribution in [2.75, 3.05) is 11.6 Å². The first-order chi connectivity index (χ1) is 5.84. The van der Waals surface area contributed by atoms with Crippen LogP contribution in [0.15, 0.2) is 5.16 Å². The maximum absolute atomic E-state index is 5.54. The third-order valence-corrected chi connectivity index (χ3v) is 2.70. The zero-order valence-electron chi connectivity index (χ0n) is 6.90. The Morgan fingerprint density at radius 1 is 1.50 bits per heavy atom. The number of aryl methyl sites for hydroxylation is 1. The summed E-state index contributed by atoms with van der Waals surface area (Å²) in [6.07, 6.45) is 2.17. The van der Waals surface area contributed by atoms with Crippen molar-refractivity contribution in [2.45, 2.75) is 18.0 Å². The lowest BCUT2D eigenvalue weighted by atomic mass is 10.4. The molecule has 0 aliphatic carbocycles. The SMILES string of the molecule is Cn1nnnc1SCCCCCl. The summed E-state index contributed by atoms with van der Waals surface area (Å²) in [5.74, 6) is 1.76. The topological polar surface area (TPSA) is 43.6 Å². The van der Waals surface area contributed by atoms with Crippen LogP contribution in [0.25, 0.3) is 0 Å². The zero-order chi connectivity index (χ0) is 8.81. The molecule has 4 nitrogen and oxygen atoms in total. The first-order valence-electron chi connectivity index (χ1n) is 3.75. The number of halogens is 1. The molecule has 0 amide bonds.